The molecule has 3 N–H and O–H groups in total. The summed E-state index contributed by atoms with van der Waals surface area (Å²) in [5.74, 6) is 0. The largest absolute Gasteiger partial charge is 0.378 e. The third kappa shape index (κ3) is 6.80. The van der Waals surface area contributed by atoms with Crippen molar-refractivity contribution in [1.29, 1.82) is 0 Å². The van der Waals surface area contributed by atoms with E-state index in [4.69, 9.17) is 4.74 Å². The second kappa shape index (κ2) is 10.5. The number of hydrogen-bond acceptors (Lipinski definition) is 3. The third-order valence-electron chi connectivity index (χ3n) is 4.76. The van der Waals surface area contributed by atoms with E-state index < -0.39 is 0 Å². The summed E-state index contributed by atoms with van der Waals surface area (Å²) < 4.78 is 5.26. The quantitative estimate of drug-likeness (QED) is 0.702. The summed E-state index contributed by atoms with van der Waals surface area (Å²) in [6, 6.07) is 15.6. The van der Waals surface area contributed by atoms with Crippen LogP contribution in [0.4, 0.5) is 9.59 Å². The summed E-state index contributed by atoms with van der Waals surface area (Å²) in [4.78, 5) is 26.0. The molecule has 0 unspecified atom stereocenters. The maximum atomic E-state index is 12.2. The maximum absolute atomic E-state index is 12.2. The van der Waals surface area contributed by atoms with Gasteiger partial charge in [-0.3, -0.25) is 0 Å². The van der Waals surface area contributed by atoms with E-state index in [1.807, 2.05) is 55.5 Å². The first-order chi connectivity index (χ1) is 14.1. The molecule has 1 aliphatic rings. The first-order valence-electron chi connectivity index (χ1n) is 9.86. The monoisotopic (exact) mass is 396 g/mol. The number of amides is 4. The van der Waals surface area contributed by atoms with Crippen LogP contribution in [-0.4, -0.2) is 43.3 Å². The molecule has 1 fully saturated rings. The Morgan fingerprint density at radius 3 is 2.10 bits per heavy atom. The number of hydrogen-bond donors (Lipinski definition) is 3. The number of morpholine rings is 1. The Morgan fingerprint density at radius 1 is 0.862 bits per heavy atom. The molecule has 0 aromatic heterocycles. The number of aryl methyl sites for hydroxylation is 1. The topological polar surface area (TPSA) is 82.7 Å². The van der Waals surface area contributed by atoms with Crippen LogP contribution >= 0.6 is 0 Å². The van der Waals surface area contributed by atoms with Gasteiger partial charge in [0.05, 0.1) is 13.2 Å². The molecule has 1 aliphatic heterocycles. The van der Waals surface area contributed by atoms with Crippen molar-refractivity contribution in [1.82, 2.24) is 20.9 Å². The van der Waals surface area contributed by atoms with Crippen LogP contribution in [0.2, 0.25) is 0 Å². The zero-order valence-electron chi connectivity index (χ0n) is 16.7. The van der Waals surface area contributed by atoms with E-state index >= 15 is 0 Å². The van der Waals surface area contributed by atoms with Gasteiger partial charge >= 0.3 is 12.1 Å². The molecule has 1 saturated heterocycles. The van der Waals surface area contributed by atoms with Gasteiger partial charge in [-0.2, -0.15) is 0 Å². The summed E-state index contributed by atoms with van der Waals surface area (Å²) in [5.41, 5.74) is 4.22. The van der Waals surface area contributed by atoms with Crippen molar-refractivity contribution < 1.29 is 14.3 Å². The molecule has 7 heteroatoms. The molecule has 4 amide bonds. The SMILES string of the molecule is Cc1ccc(CNC(=O)NCc2cccc(CNC(=O)N3CCOCC3)c2)cc1. The normalized spacial score (nSPS) is 13.6. The van der Waals surface area contributed by atoms with Crippen LogP contribution in [0, 0.1) is 6.92 Å². The Hall–Kier alpha value is -3.06. The van der Waals surface area contributed by atoms with Crippen LogP contribution in [0.15, 0.2) is 48.5 Å². The zero-order chi connectivity index (χ0) is 20.5. The minimum absolute atomic E-state index is 0.0766. The number of benzene rings is 2. The van der Waals surface area contributed by atoms with Gasteiger partial charge < -0.3 is 25.6 Å². The van der Waals surface area contributed by atoms with Crippen molar-refractivity contribution in [3.8, 4) is 0 Å². The molecule has 3 rings (SSSR count). The van der Waals surface area contributed by atoms with E-state index in [0.717, 1.165) is 16.7 Å². The van der Waals surface area contributed by atoms with Crippen LogP contribution in [-0.2, 0) is 24.4 Å². The summed E-state index contributed by atoms with van der Waals surface area (Å²) in [7, 11) is 0. The molecular weight excluding hydrogens is 368 g/mol. The molecule has 0 bridgehead atoms. The Labute approximate surface area is 171 Å². The highest BCUT2D eigenvalue weighted by molar-refractivity contribution is 5.74. The number of urea groups is 2. The summed E-state index contributed by atoms with van der Waals surface area (Å²) in [5, 5.41) is 8.66. The molecular formula is C22H28N4O3. The van der Waals surface area contributed by atoms with E-state index in [-0.39, 0.29) is 12.1 Å². The van der Waals surface area contributed by atoms with Crippen molar-refractivity contribution in [2.24, 2.45) is 0 Å². The number of ether oxygens (including phenoxy) is 1. The lowest BCUT2D eigenvalue weighted by atomic mass is 10.1. The summed E-state index contributed by atoms with van der Waals surface area (Å²) in [6.07, 6.45) is 0. The molecule has 2 aromatic carbocycles. The Kier molecular flexibility index (Phi) is 7.47. The Bertz CT molecular complexity index is 817. The van der Waals surface area contributed by atoms with E-state index in [0.29, 0.717) is 45.9 Å². The lowest BCUT2D eigenvalue weighted by molar-refractivity contribution is 0.0531. The summed E-state index contributed by atoms with van der Waals surface area (Å²) >= 11 is 0. The molecule has 154 valence electrons. The fourth-order valence-electron chi connectivity index (χ4n) is 3.04. The van der Waals surface area contributed by atoms with Crippen LogP contribution in [0.3, 0.4) is 0 Å². The molecule has 0 saturated carbocycles. The van der Waals surface area contributed by atoms with E-state index in [9.17, 15) is 9.59 Å². The van der Waals surface area contributed by atoms with Crippen LogP contribution in [0.1, 0.15) is 22.3 Å². The smallest absolute Gasteiger partial charge is 0.317 e. The first-order valence-corrected chi connectivity index (χ1v) is 9.86. The van der Waals surface area contributed by atoms with Gasteiger partial charge in [-0.15, -0.1) is 0 Å². The Balaban J connectivity index is 1.41. The highest BCUT2D eigenvalue weighted by Gasteiger charge is 2.16. The van der Waals surface area contributed by atoms with Crippen LogP contribution < -0.4 is 16.0 Å². The van der Waals surface area contributed by atoms with Crippen molar-refractivity contribution >= 4 is 12.1 Å². The lowest BCUT2D eigenvalue weighted by Gasteiger charge is -2.27. The average molecular weight is 396 g/mol. The fraction of sp³-hybridized carbons (Fsp3) is 0.364. The molecule has 0 spiro atoms. The summed E-state index contributed by atoms with van der Waals surface area (Å²) in [6.45, 7) is 5.79. The highest BCUT2D eigenvalue weighted by Crippen LogP contribution is 2.06. The van der Waals surface area contributed by atoms with Crippen molar-refractivity contribution in [2.45, 2.75) is 26.6 Å². The maximum Gasteiger partial charge on any atom is 0.317 e. The van der Waals surface area contributed by atoms with Crippen LogP contribution in [0.25, 0.3) is 0 Å². The average Bonchev–Trinajstić information content (AvgIpc) is 2.76. The lowest BCUT2D eigenvalue weighted by Crippen LogP contribution is -2.45. The first kappa shape index (κ1) is 20.7. The van der Waals surface area contributed by atoms with Gasteiger partial charge in [-0.25, -0.2) is 9.59 Å². The molecule has 0 atom stereocenters. The van der Waals surface area contributed by atoms with Crippen LogP contribution in [0.5, 0.6) is 0 Å². The van der Waals surface area contributed by atoms with Gasteiger partial charge in [0.25, 0.3) is 0 Å². The van der Waals surface area contributed by atoms with Gasteiger partial charge in [0, 0.05) is 32.7 Å². The molecule has 7 nitrogen and oxygen atoms in total. The number of rotatable bonds is 6. The Morgan fingerprint density at radius 2 is 1.45 bits per heavy atom. The van der Waals surface area contributed by atoms with E-state index in [1.165, 1.54) is 5.56 Å². The van der Waals surface area contributed by atoms with Gasteiger partial charge in [0.2, 0.25) is 0 Å². The third-order valence-corrected chi connectivity index (χ3v) is 4.76. The predicted octanol–water partition coefficient (Wildman–Crippen LogP) is 2.54. The van der Waals surface area contributed by atoms with E-state index in [2.05, 4.69) is 16.0 Å². The highest BCUT2D eigenvalue weighted by atomic mass is 16.5. The zero-order valence-corrected chi connectivity index (χ0v) is 16.7. The molecule has 29 heavy (non-hydrogen) atoms. The van der Waals surface area contributed by atoms with Gasteiger partial charge in [-0.1, -0.05) is 54.1 Å². The molecule has 0 aliphatic carbocycles. The minimum atomic E-state index is -0.211. The van der Waals surface area contributed by atoms with Crippen molar-refractivity contribution in [2.75, 3.05) is 26.3 Å². The number of nitrogens with one attached hydrogen (secondary N) is 3. The minimum Gasteiger partial charge on any atom is -0.378 e. The number of nitrogens with zero attached hydrogens (tertiary/aromatic N) is 1. The van der Waals surface area contributed by atoms with Crippen molar-refractivity contribution in [3.63, 3.8) is 0 Å². The molecule has 0 radical (unpaired) electrons. The van der Waals surface area contributed by atoms with E-state index in [1.54, 1.807) is 4.90 Å². The fourth-order valence-corrected chi connectivity index (χ4v) is 3.04. The van der Waals surface area contributed by atoms with Gasteiger partial charge in [0.15, 0.2) is 0 Å². The van der Waals surface area contributed by atoms with Gasteiger partial charge in [-0.05, 0) is 23.6 Å². The second-order valence-electron chi connectivity index (χ2n) is 7.10. The molecule has 2 aromatic rings. The van der Waals surface area contributed by atoms with Crippen molar-refractivity contribution in [3.05, 3.63) is 70.8 Å². The van der Waals surface area contributed by atoms with Gasteiger partial charge in [0.1, 0.15) is 0 Å². The number of carbonyl (C=O) groups excluding carboxylic acids is 2. The second-order valence-corrected chi connectivity index (χ2v) is 7.10. The number of carbonyl (C=O) groups is 2. The predicted molar refractivity (Wildman–Crippen MR) is 111 cm³/mol. The standard InChI is InChI=1S/C22H28N4O3/c1-17-5-7-18(8-6-17)14-23-21(27)24-15-19-3-2-4-20(13-19)16-25-22(28)26-9-11-29-12-10-26/h2-8,13H,9-12,14-16H2,1H3,(H,25,28)(H2,23,24,27). The molecule has 1 heterocycles.